The van der Waals surface area contributed by atoms with Crippen molar-refractivity contribution >= 4 is 23.3 Å². The van der Waals surface area contributed by atoms with Crippen molar-refractivity contribution in [1.82, 2.24) is 14.9 Å². The molecule has 1 atom stereocenters. The number of ether oxygens (including phenoxy) is 1. The molecule has 0 bridgehead atoms. The standard InChI is InChI=1S/C16H19ClN4O2/c1-11(16(22)21(2)3)19-14-8-18-9-15(20-14)23-10-12-5-4-6-13(17)7-12/h4-9,11H,10H2,1-3H3,(H,19,20)/t11-/m0/s1. The number of amides is 1. The second-order valence-electron chi connectivity index (χ2n) is 5.26. The number of hydrogen-bond donors (Lipinski definition) is 1. The number of nitrogens with zero attached hydrogens (tertiary/aromatic N) is 3. The Kier molecular flexibility index (Phi) is 5.76. The van der Waals surface area contributed by atoms with Crippen molar-refractivity contribution in [3.05, 3.63) is 47.2 Å². The van der Waals surface area contributed by atoms with Gasteiger partial charge in [-0.1, -0.05) is 23.7 Å². The Hall–Kier alpha value is -2.34. The Morgan fingerprint density at radius 2 is 2.17 bits per heavy atom. The van der Waals surface area contributed by atoms with E-state index in [1.54, 1.807) is 33.3 Å². The van der Waals surface area contributed by atoms with Crippen molar-refractivity contribution in [2.75, 3.05) is 19.4 Å². The third kappa shape index (κ3) is 5.10. The summed E-state index contributed by atoms with van der Waals surface area (Å²) < 4.78 is 5.61. The van der Waals surface area contributed by atoms with Crippen LogP contribution in [0.5, 0.6) is 5.88 Å². The number of carbonyl (C=O) groups excluding carboxylic acids is 1. The summed E-state index contributed by atoms with van der Waals surface area (Å²) in [4.78, 5) is 21.7. The van der Waals surface area contributed by atoms with E-state index >= 15 is 0 Å². The largest absolute Gasteiger partial charge is 0.472 e. The minimum Gasteiger partial charge on any atom is -0.472 e. The van der Waals surface area contributed by atoms with E-state index in [4.69, 9.17) is 16.3 Å². The lowest BCUT2D eigenvalue weighted by Gasteiger charge is -2.18. The normalized spacial score (nSPS) is 11.7. The van der Waals surface area contributed by atoms with Gasteiger partial charge in [0.05, 0.1) is 12.4 Å². The number of carbonyl (C=O) groups is 1. The maximum atomic E-state index is 11.8. The van der Waals surface area contributed by atoms with Crippen LogP contribution < -0.4 is 10.1 Å². The van der Waals surface area contributed by atoms with Crippen molar-refractivity contribution in [2.24, 2.45) is 0 Å². The Morgan fingerprint density at radius 1 is 1.39 bits per heavy atom. The van der Waals surface area contributed by atoms with Crippen molar-refractivity contribution in [1.29, 1.82) is 0 Å². The molecule has 1 N–H and O–H groups in total. The molecule has 1 aromatic carbocycles. The molecule has 0 aliphatic heterocycles. The van der Waals surface area contributed by atoms with E-state index in [0.29, 0.717) is 23.3 Å². The fourth-order valence-corrected chi connectivity index (χ4v) is 2.15. The highest BCUT2D eigenvalue weighted by Crippen LogP contribution is 2.15. The summed E-state index contributed by atoms with van der Waals surface area (Å²) in [7, 11) is 3.41. The molecule has 1 heterocycles. The van der Waals surface area contributed by atoms with Crippen LogP contribution in [-0.2, 0) is 11.4 Å². The van der Waals surface area contributed by atoms with Crippen LogP contribution in [0.25, 0.3) is 0 Å². The second kappa shape index (κ2) is 7.78. The third-order valence-electron chi connectivity index (χ3n) is 3.06. The van der Waals surface area contributed by atoms with Gasteiger partial charge in [-0.05, 0) is 24.6 Å². The van der Waals surface area contributed by atoms with Crippen LogP contribution in [0.2, 0.25) is 5.02 Å². The molecule has 2 aromatic rings. The van der Waals surface area contributed by atoms with Gasteiger partial charge in [-0.15, -0.1) is 0 Å². The van der Waals surface area contributed by atoms with E-state index in [0.717, 1.165) is 5.56 Å². The number of halogens is 1. The number of nitrogens with one attached hydrogen (secondary N) is 1. The van der Waals surface area contributed by atoms with Gasteiger partial charge in [0, 0.05) is 19.1 Å². The number of aromatic nitrogens is 2. The maximum absolute atomic E-state index is 11.8. The SMILES string of the molecule is C[C@H](Nc1cncc(OCc2cccc(Cl)c2)n1)C(=O)N(C)C. The molecule has 0 saturated heterocycles. The van der Waals surface area contributed by atoms with E-state index in [2.05, 4.69) is 15.3 Å². The first kappa shape index (κ1) is 17.0. The Labute approximate surface area is 140 Å². The van der Waals surface area contributed by atoms with Gasteiger partial charge in [-0.2, -0.15) is 4.98 Å². The quantitative estimate of drug-likeness (QED) is 0.879. The summed E-state index contributed by atoms with van der Waals surface area (Å²) in [6, 6.07) is 7.01. The first-order valence-electron chi connectivity index (χ1n) is 7.12. The van der Waals surface area contributed by atoms with Crippen LogP contribution >= 0.6 is 11.6 Å². The van der Waals surface area contributed by atoms with E-state index < -0.39 is 6.04 Å². The molecule has 0 fully saturated rings. The highest BCUT2D eigenvalue weighted by molar-refractivity contribution is 6.30. The Morgan fingerprint density at radius 3 is 2.87 bits per heavy atom. The molecule has 0 saturated carbocycles. The average Bonchev–Trinajstić information content (AvgIpc) is 2.52. The molecule has 7 heteroatoms. The molecule has 23 heavy (non-hydrogen) atoms. The predicted molar refractivity (Wildman–Crippen MR) is 89.6 cm³/mol. The lowest BCUT2D eigenvalue weighted by molar-refractivity contribution is -0.129. The van der Waals surface area contributed by atoms with Crippen molar-refractivity contribution in [3.8, 4) is 5.88 Å². The van der Waals surface area contributed by atoms with E-state index in [1.807, 2.05) is 18.2 Å². The molecule has 0 radical (unpaired) electrons. The third-order valence-corrected chi connectivity index (χ3v) is 3.30. The van der Waals surface area contributed by atoms with E-state index in [9.17, 15) is 4.79 Å². The highest BCUT2D eigenvalue weighted by Gasteiger charge is 2.15. The molecular formula is C16H19ClN4O2. The predicted octanol–water partition coefficient (Wildman–Crippen LogP) is 2.60. The van der Waals surface area contributed by atoms with Gasteiger partial charge < -0.3 is 15.0 Å². The lowest BCUT2D eigenvalue weighted by Crippen LogP contribution is -2.36. The van der Waals surface area contributed by atoms with Crippen LogP contribution in [0.4, 0.5) is 5.82 Å². The number of anilines is 1. The van der Waals surface area contributed by atoms with E-state index in [-0.39, 0.29) is 5.91 Å². The smallest absolute Gasteiger partial charge is 0.244 e. The number of likely N-dealkylation sites (N-methyl/N-ethyl adjacent to an activating group) is 1. The molecule has 0 aliphatic carbocycles. The molecule has 6 nitrogen and oxygen atoms in total. The van der Waals surface area contributed by atoms with Crippen molar-refractivity contribution < 1.29 is 9.53 Å². The molecule has 0 spiro atoms. The topological polar surface area (TPSA) is 67.4 Å². The van der Waals surface area contributed by atoms with Crippen LogP contribution in [0.3, 0.4) is 0 Å². The minimum absolute atomic E-state index is 0.0444. The van der Waals surface area contributed by atoms with Gasteiger partial charge in [0.25, 0.3) is 0 Å². The first-order valence-corrected chi connectivity index (χ1v) is 7.50. The fourth-order valence-electron chi connectivity index (χ4n) is 1.94. The summed E-state index contributed by atoms with van der Waals surface area (Å²) in [5.41, 5.74) is 0.939. The Bertz CT molecular complexity index is 679. The molecule has 1 aromatic heterocycles. The number of benzene rings is 1. The molecule has 0 unspecified atom stereocenters. The summed E-state index contributed by atoms with van der Waals surface area (Å²) >= 11 is 5.93. The van der Waals surface area contributed by atoms with Gasteiger partial charge in [0.1, 0.15) is 18.5 Å². The highest BCUT2D eigenvalue weighted by atomic mass is 35.5. The van der Waals surface area contributed by atoms with Gasteiger partial charge in [-0.3, -0.25) is 9.78 Å². The zero-order valence-corrected chi connectivity index (χ0v) is 14.0. The van der Waals surface area contributed by atoms with Crippen molar-refractivity contribution in [3.63, 3.8) is 0 Å². The van der Waals surface area contributed by atoms with Crippen LogP contribution in [0, 0.1) is 0 Å². The zero-order valence-electron chi connectivity index (χ0n) is 13.3. The van der Waals surface area contributed by atoms with Crippen LogP contribution in [0.1, 0.15) is 12.5 Å². The molecule has 2 rings (SSSR count). The van der Waals surface area contributed by atoms with Crippen LogP contribution in [-0.4, -0.2) is 40.9 Å². The average molecular weight is 335 g/mol. The first-order chi connectivity index (χ1) is 11.0. The summed E-state index contributed by atoms with van der Waals surface area (Å²) in [5, 5.41) is 3.66. The molecule has 122 valence electrons. The summed E-state index contributed by atoms with van der Waals surface area (Å²) in [6.07, 6.45) is 3.07. The van der Waals surface area contributed by atoms with E-state index in [1.165, 1.54) is 11.1 Å². The fraction of sp³-hybridized carbons (Fsp3) is 0.312. The van der Waals surface area contributed by atoms with Crippen LogP contribution in [0.15, 0.2) is 36.7 Å². The van der Waals surface area contributed by atoms with Crippen molar-refractivity contribution in [2.45, 2.75) is 19.6 Å². The zero-order chi connectivity index (χ0) is 16.8. The monoisotopic (exact) mass is 334 g/mol. The minimum atomic E-state index is -0.400. The molecule has 0 aliphatic rings. The second-order valence-corrected chi connectivity index (χ2v) is 5.70. The number of rotatable bonds is 6. The van der Waals surface area contributed by atoms with Gasteiger partial charge in [-0.25, -0.2) is 0 Å². The summed E-state index contributed by atoms with van der Waals surface area (Å²) in [6.45, 7) is 2.11. The maximum Gasteiger partial charge on any atom is 0.244 e. The number of hydrogen-bond acceptors (Lipinski definition) is 5. The van der Waals surface area contributed by atoms with Gasteiger partial charge in [0.15, 0.2) is 0 Å². The lowest BCUT2D eigenvalue weighted by atomic mass is 10.2. The van der Waals surface area contributed by atoms with Gasteiger partial charge >= 0.3 is 0 Å². The molecular weight excluding hydrogens is 316 g/mol. The Balaban J connectivity index is 1.98. The van der Waals surface area contributed by atoms with Gasteiger partial charge in [0.2, 0.25) is 11.8 Å². The molecule has 1 amide bonds. The summed E-state index contributed by atoms with van der Waals surface area (Å²) in [5.74, 6) is 0.813.